The standard InChI is InChI=1S/C26H38N2O4/c1-4-17-6-19-11-25(10-16(3)29,21(19)8-17)14-27-24(32)28-15-26(13-23(30)31)12-20-7-18(5-2)9-22(20)26/h8-9,19-22H,4-7,10-15H2,1-3H3,(H,30,31)(H2,27,28,32). The summed E-state index contributed by atoms with van der Waals surface area (Å²) >= 11 is 0. The smallest absolute Gasteiger partial charge is 0.314 e. The largest absolute Gasteiger partial charge is 0.481 e. The molecule has 4 aliphatic carbocycles. The van der Waals surface area contributed by atoms with Gasteiger partial charge in [0, 0.05) is 30.3 Å². The van der Waals surface area contributed by atoms with Crippen molar-refractivity contribution in [2.24, 2.45) is 34.5 Å². The highest BCUT2D eigenvalue weighted by molar-refractivity contribution is 5.77. The molecule has 0 aliphatic heterocycles. The molecule has 4 aliphatic rings. The molecule has 6 heteroatoms. The normalized spacial score (nSPS) is 36.7. The molecular weight excluding hydrogens is 404 g/mol. The van der Waals surface area contributed by atoms with Crippen LogP contribution in [0.4, 0.5) is 4.79 Å². The maximum Gasteiger partial charge on any atom is 0.314 e. The van der Waals surface area contributed by atoms with Crippen molar-refractivity contribution >= 4 is 17.8 Å². The molecule has 0 bridgehead atoms. The maximum absolute atomic E-state index is 12.7. The number of carbonyl (C=O) groups excluding carboxylic acids is 2. The summed E-state index contributed by atoms with van der Waals surface area (Å²) in [6.45, 7) is 6.83. The van der Waals surface area contributed by atoms with Gasteiger partial charge in [-0.2, -0.15) is 0 Å². The van der Waals surface area contributed by atoms with Gasteiger partial charge < -0.3 is 20.5 Å². The van der Waals surface area contributed by atoms with E-state index in [2.05, 4.69) is 36.6 Å². The Labute approximate surface area is 191 Å². The second kappa shape index (κ2) is 8.68. The maximum atomic E-state index is 12.7. The summed E-state index contributed by atoms with van der Waals surface area (Å²) in [7, 11) is 0. The van der Waals surface area contributed by atoms with E-state index in [0.29, 0.717) is 37.3 Å². The molecule has 0 aromatic carbocycles. The van der Waals surface area contributed by atoms with Gasteiger partial charge in [0.2, 0.25) is 0 Å². The third-order valence-corrected chi connectivity index (χ3v) is 8.86. The van der Waals surface area contributed by atoms with E-state index in [1.165, 1.54) is 11.1 Å². The van der Waals surface area contributed by atoms with Gasteiger partial charge in [-0.1, -0.05) is 37.1 Å². The molecule has 6 unspecified atom stereocenters. The molecule has 2 amide bonds. The number of hydrogen-bond donors (Lipinski definition) is 3. The minimum atomic E-state index is -0.801. The fraction of sp³-hybridized carbons (Fsp3) is 0.731. The first kappa shape index (κ1) is 23.1. The van der Waals surface area contributed by atoms with Gasteiger partial charge in [0.15, 0.2) is 0 Å². The summed E-state index contributed by atoms with van der Waals surface area (Å²) in [4.78, 5) is 36.3. The second-order valence-corrected chi connectivity index (χ2v) is 11.0. The molecule has 176 valence electrons. The molecule has 0 heterocycles. The van der Waals surface area contributed by atoms with E-state index in [1.807, 2.05) is 0 Å². The van der Waals surface area contributed by atoms with Crippen LogP contribution in [0.15, 0.2) is 23.3 Å². The number of carbonyl (C=O) groups is 3. The second-order valence-electron chi connectivity index (χ2n) is 11.0. The van der Waals surface area contributed by atoms with Crippen molar-refractivity contribution in [3.8, 4) is 0 Å². The van der Waals surface area contributed by atoms with E-state index in [-0.39, 0.29) is 35.0 Å². The molecule has 6 atom stereocenters. The Morgan fingerprint density at radius 3 is 1.78 bits per heavy atom. The number of aliphatic carboxylic acids is 1. The van der Waals surface area contributed by atoms with Crippen molar-refractivity contribution < 1.29 is 19.5 Å². The molecule has 2 fully saturated rings. The van der Waals surface area contributed by atoms with Crippen LogP contribution in [-0.2, 0) is 9.59 Å². The first-order valence-corrected chi connectivity index (χ1v) is 12.3. The van der Waals surface area contributed by atoms with Gasteiger partial charge in [-0.25, -0.2) is 4.79 Å². The minimum absolute atomic E-state index is 0.0879. The van der Waals surface area contributed by atoms with Crippen LogP contribution in [0.2, 0.25) is 0 Å². The summed E-state index contributed by atoms with van der Waals surface area (Å²) in [6, 6.07) is -0.250. The van der Waals surface area contributed by atoms with E-state index < -0.39 is 5.97 Å². The van der Waals surface area contributed by atoms with Crippen molar-refractivity contribution in [3.05, 3.63) is 23.3 Å². The fourth-order valence-corrected chi connectivity index (χ4v) is 7.37. The third-order valence-electron chi connectivity index (χ3n) is 8.86. The number of amides is 2. The van der Waals surface area contributed by atoms with Crippen molar-refractivity contribution in [3.63, 3.8) is 0 Å². The number of Topliss-reactive ketones (excluding diaryl/α,β-unsaturated/α-hetero) is 1. The van der Waals surface area contributed by atoms with Crippen LogP contribution < -0.4 is 10.6 Å². The highest BCUT2D eigenvalue weighted by Gasteiger charge is 2.56. The van der Waals surface area contributed by atoms with Crippen LogP contribution in [0.1, 0.15) is 72.1 Å². The number of rotatable bonds is 10. The molecule has 0 aromatic heterocycles. The van der Waals surface area contributed by atoms with Crippen LogP contribution in [0.3, 0.4) is 0 Å². The number of fused-ring (bicyclic) bond motifs is 2. The molecule has 0 aromatic rings. The summed E-state index contributed by atoms with van der Waals surface area (Å²) in [5, 5.41) is 15.5. The molecule has 6 nitrogen and oxygen atoms in total. The van der Waals surface area contributed by atoms with Crippen molar-refractivity contribution in [2.75, 3.05) is 13.1 Å². The molecule has 4 rings (SSSR count). The highest BCUT2D eigenvalue weighted by Crippen LogP contribution is 2.61. The van der Waals surface area contributed by atoms with Crippen LogP contribution in [0.5, 0.6) is 0 Å². The molecular formula is C26H38N2O4. The minimum Gasteiger partial charge on any atom is -0.481 e. The lowest BCUT2D eigenvalue weighted by Crippen LogP contribution is -2.57. The highest BCUT2D eigenvalue weighted by atomic mass is 16.4. The van der Waals surface area contributed by atoms with Gasteiger partial charge in [0.25, 0.3) is 0 Å². The van der Waals surface area contributed by atoms with Crippen molar-refractivity contribution in [2.45, 2.75) is 72.1 Å². The van der Waals surface area contributed by atoms with Crippen LogP contribution in [0, 0.1) is 34.5 Å². The van der Waals surface area contributed by atoms with Gasteiger partial charge in [-0.05, 0) is 69.1 Å². The SMILES string of the molecule is CCC1=CC2C(C1)CC2(CNC(=O)NCC1(CC(=O)O)CC2CC(CC)=CC21)CC(C)=O. The van der Waals surface area contributed by atoms with Gasteiger partial charge in [-0.3, -0.25) is 4.79 Å². The van der Waals surface area contributed by atoms with Crippen molar-refractivity contribution in [1.82, 2.24) is 10.6 Å². The number of carboxylic acid groups (broad SMARTS) is 1. The Kier molecular flexibility index (Phi) is 6.25. The molecule has 32 heavy (non-hydrogen) atoms. The number of allylic oxidation sites excluding steroid dienone is 4. The van der Waals surface area contributed by atoms with Gasteiger partial charge in [0.1, 0.15) is 5.78 Å². The van der Waals surface area contributed by atoms with E-state index >= 15 is 0 Å². The number of nitrogens with one attached hydrogen (secondary N) is 2. The monoisotopic (exact) mass is 442 g/mol. The number of carboxylic acids is 1. The zero-order valence-corrected chi connectivity index (χ0v) is 19.7. The van der Waals surface area contributed by atoms with Crippen LogP contribution in [0.25, 0.3) is 0 Å². The average Bonchev–Trinajstić information content (AvgIpc) is 3.26. The first-order chi connectivity index (χ1) is 15.2. The van der Waals surface area contributed by atoms with Crippen LogP contribution in [-0.4, -0.2) is 36.0 Å². The van der Waals surface area contributed by atoms with E-state index in [9.17, 15) is 19.5 Å². The topological polar surface area (TPSA) is 95.5 Å². The van der Waals surface area contributed by atoms with E-state index in [4.69, 9.17) is 0 Å². The first-order valence-electron chi connectivity index (χ1n) is 12.3. The Balaban J connectivity index is 1.35. The Bertz CT molecular complexity index is 794. The average molecular weight is 443 g/mol. The molecule has 0 spiro atoms. The summed E-state index contributed by atoms with van der Waals surface area (Å²) in [5.74, 6) is 1.14. The Hall–Kier alpha value is -2.11. The lowest BCUT2D eigenvalue weighted by Gasteiger charge is -2.53. The fourth-order valence-electron chi connectivity index (χ4n) is 7.37. The summed E-state index contributed by atoms with van der Waals surface area (Å²) in [6.07, 6.45) is 11.3. The van der Waals surface area contributed by atoms with Gasteiger partial charge in [0.05, 0.1) is 6.42 Å². The summed E-state index contributed by atoms with van der Waals surface area (Å²) in [5.41, 5.74) is 2.34. The number of ketones is 1. The Morgan fingerprint density at radius 2 is 1.38 bits per heavy atom. The predicted octanol–water partition coefficient (Wildman–Crippen LogP) is 4.46. The molecule has 0 radical (unpaired) electrons. The summed E-state index contributed by atoms with van der Waals surface area (Å²) < 4.78 is 0. The van der Waals surface area contributed by atoms with E-state index in [1.54, 1.807) is 6.92 Å². The van der Waals surface area contributed by atoms with Crippen LogP contribution >= 0.6 is 0 Å². The zero-order chi connectivity index (χ0) is 23.1. The number of hydrogen-bond acceptors (Lipinski definition) is 3. The quantitative estimate of drug-likeness (QED) is 0.435. The molecule has 0 saturated heterocycles. The zero-order valence-electron chi connectivity index (χ0n) is 19.7. The predicted molar refractivity (Wildman–Crippen MR) is 123 cm³/mol. The van der Waals surface area contributed by atoms with Gasteiger partial charge >= 0.3 is 12.0 Å². The molecule has 3 N–H and O–H groups in total. The lowest BCUT2D eigenvalue weighted by atomic mass is 9.53. The van der Waals surface area contributed by atoms with E-state index in [0.717, 1.165) is 38.5 Å². The number of urea groups is 1. The molecule has 2 saturated carbocycles. The van der Waals surface area contributed by atoms with Gasteiger partial charge in [-0.15, -0.1) is 0 Å². The Morgan fingerprint density at radius 1 is 0.906 bits per heavy atom. The van der Waals surface area contributed by atoms with Crippen molar-refractivity contribution in [1.29, 1.82) is 0 Å². The third kappa shape index (κ3) is 4.13. The lowest BCUT2D eigenvalue weighted by molar-refractivity contribution is -0.144.